The number of rotatable bonds is 5. The molecule has 13 heteroatoms. The molecule has 0 saturated carbocycles. The standard InChI is InChI=1S/C29H19F4N5O3S/c30-19-11-23-24(35-15-37(23)12-19)25(26(40)36-28-34-7-8-42-28)38-13-21-20(27(38)41)9-18(10-22(21)29(31,32)33)6-3-16-1-4-17(14-39)5-2-16/h1-2,4-5,7-10,14-15,19,25H,11-13H2,(H,34,36,40)/t19-,25-/m1/s1. The Balaban J connectivity index is 1.40. The fourth-order valence-corrected chi connectivity index (χ4v) is 5.68. The predicted octanol–water partition coefficient (Wildman–Crippen LogP) is 4.80. The van der Waals surface area contributed by atoms with E-state index in [1.165, 1.54) is 35.3 Å². The van der Waals surface area contributed by atoms with Gasteiger partial charge >= 0.3 is 6.18 Å². The summed E-state index contributed by atoms with van der Waals surface area (Å²) in [6, 6.07) is 6.85. The number of nitrogens with zero attached hydrogens (tertiary/aromatic N) is 4. The fraction of sp³-hybridized carbons (Fsp3) is 0.207. The molecule has 0 spiro atoms. The fourth-order valence-electron chi connectivity index (χ4n) is 5.14. The number of amides is 2. The number of benzene rings is 2. The van der Waals surface area contributed by atoms with Gasteiger partial charge in [-0.25, -0.2) is 14.4 Å². The van der Waals surface area contributed by atoms with Gasteiger partial charge in [-0.05, 0) is 29.8 Å². The second-order valence-corrected chi connectivity index (χ2v) is 10.6. The van der Waals surface area contributed by atoms with E-state index in [1.807, 2.05) is 0 Å². The second-order valence-electron chi connectivity index (χ2n) is 9.73. The number of carbonyl (C=O) groups excluding carboxylic acids is 3. The molecule has 2 atom stereocenters. The van der Waals surface area contributed by atoms with E-state index in [9.17, 15) is 31.9 Å². The van der Waals surface area contributed by atoms with Gasteiger partial charge in [0.1, 0.15) is 12.5 Å². The van der Waals surface area contributed by atoms with Gasteiger partial charge in [-0.15, -0.1) is 11.3 Å². The van der Waals surface area contributed by atoms with Crippen molar-refractivity contribution in [3.8, 4) is 11.8 Å². The van der Waals surface area contributed by atoms with Crippen molar-refractivity contribution in [2.24, 2.45) is 0 Å². The molecular formula is C29H19F4N5O3S. The highest BCUT2D eigenvalue weighted by Gasteiger charge is 2.45. The number of hydrogen-bond donors (Lipinski definition) is 1. The minimum atomic E-state index is -4.82. The Morgan fingerprint density at radius 3 is 2.60 bits per heavy atom. The van der Waals surface area contributed by atoms with Crippen molar-refractivity contribution < 1.29 is 31.9 Å². The molecule has 8 nitrogen and oxygen atoms in total. The number of aldehydes is 1. The number of halogens is 4. The van der Waals surface area contributed by atoms with E-state index in [2.05, 4.69) is 27.1 Å². The number of nitrogens with one attached hydrogen (secondary N) is 1. The zero-order valence-electron chi connectivity index (χ0n) is 21.5. The molecule has 0 bridgehead atoms. The zero-order valence-corrected chi connectivity index (χ0v) is 22.3. The topological polar surface area (TPSA) is 97.2 Å². The van der Waals surface area contributed by atoms with Crippen LogP contribution in [0.1, 0.15) is 60.4 Å². The summed E-state index contributed by atoms with van der Waals surface area (Å²) in [6.45, 7) is -0.499. The maximum absolute atomic E-state index is 14.3. The SMILES string of the molecule is O=Cc1ccc(C#Cc2cc3c(c(C(F)(F)F)c2)CN([C@@H](C(=O)Nc2nccs2)c2ncn4c2C[C@@H](F)C4)C3=O)cc1. The summed E-state index contributed by atoms with van der Waals surface area (Å²) in [6.07, 6.45) is -2.61. The number of alkyl halides is 4. The van der Waals surface area contributed by atoms with Gasteiger partial charge in [0.05, 0.1) is 24.1 Å². The third kappa shape index (κ3) is 5.05. The maximum Gasteiger partial charge on any atom is 0.416 e. The molecule has 0 fully saturated rings. The molecule has 212 valence electrons. The van der Waals surface area contributed by atoms with Crippen LogP contribution < -0.4 is 5.32 Å². The van der Waals surface area contributed by atoms with Gasteiger partial charge < -0.3 is 9.47 Å². The van der Waals surface area contributed by atoms with E-state index in [0.717, 1.165) is 22.3 Å². The highest BCUT2D eigenvalue weighted by molar-refractivity contribution is 7.13. The highest BCUT2D eigenvalue weighted by Crippen LogP contribution is 2.41. The summed E-state index contributed by atoms with van der Waals surface area (Å²) in [4.78, 5) is 47.5. The molecule has 0 saturated heterocycles. The third-order valence-electron chi connectivity index (χ3n) is 7.04. The maximum atomic E-state index is 14.3. The Kier molecular flexibility index (Phi) is 6.86. The summed E-state index contributed by atoms with van der Waals surface area (Å²) in [5.41, 5.74) is -0.261. The van der Waals surface area contributed by atoms with Crippen molar-refractivity contribution in [3.05, 3.63) is 99.1 Å². The summed E-state index contributed by atoms with van der Waals surface area (Å²) in [5, 5.41) is 4.45. The van der Waals surface area contributed by atoms with Crippen LogP contribution in [0.5, 0.6) is 0 Å². The number of anilines is 1. The van der Waals surface area contributed by atoms with Gasteiger partial charge in [0, 0.05) is 52.5 Å². The molecule has 42 heavy (non-hydrogen) atoms. The van der Waals surface area contributed by atoms with Gasteiger partial charge in [-0.3, -0.25) is 19.7 Å². The lowest BCUT2D eigenvalue weighted by Gasteiger charge is -2.26. The van der Waals surface area contributed by atoms with Crippen LogP contribution in [0, 0.1) is 11.8 Å². The van der Waals surface area contributed by atoms with Crippen LogP contribution in [0.25, 0.3) is 0 Å². The average Bonchev–Trinajstić information content (AvgIpc) is 3.74. The van der Waals surface area contributed by atoms with Crippen molar-refractivity contribution >= 4 is 34.6 Å². The quantitative estimate of drug-likeness (QED) is 0.204. The third-order valence-corrected chi connectivity index (χ3v) is 7.73. The smallest absolute Gasteiger partial charge is 0.331 e. The van der Waals surface area contributed by atoms with E-state index in [-0.39, 0.29) is 40.5 Å². The molecule has 2 aliphatic rings. The average molecular weight is 594 g/mol. The van der Waals surface area contributed by atoms with Gasteiger partial charge in [-0.1, -0.05) is 24.0 Å². The van der Waals surface area contributed by atoms with Crippen LogP contribution in [0.15, 0.2) is 54.3 Å². The normalized spacial score (nSPS) is 16.4. The first kappa shape index (κ1) is 27.3. The van der Waals surface area contributed by atoms with Gasteiger partial charge in [0.25, 0.3) is 11.8 Å². The number of imidazole rings is 1. The first-order chi connectivity index (χ1) is 20.1. The van der Waals surface area contributed by atoms with Crippen LogP contribution >= 0.6 is 11.3 Å². The van der Waals surface area contributed by atoms with Crippen LogP contribution in [-0.4, -0.2) is 43.7 Å². The molecule has 4 aromatic rings. The molecule has 0 aliphatic carbocycles. The first-order valence-electron chi connectivity index (χ1n) is 12.6. The molecule has 6 rings (SSSR count). The Bertz CT molecular complexity index is 1770. The second kappa shape index (κ2) is 10.5. The van der Waals surface area contributed by atoms with E-state index in [1.54, 1.807) is 17.5 Å². The number of carbonyl (C=O) groups is 3. The largest absolute Gasteiger partial charge is 0.416 e. The van der Waals surface area contributed by atoms with Crippen molar-refractivity contribution in [1.29, 1.82) is 0 Å². The Hall–Kier alpha value is -4.83. The van der Waals surface area contributed by atoms with Crippen LogP contribution in [0.3, 0.4) is 0 Å². The Morgan fingerprint density at radius 2 is 1.90 bits per heavy atom. The Labute approximate surface area is 240 Å². The molecule has 2 amide bonds. The highest BCUT2D eigenvalue weighted by atomic mass is 32.1. The van der Waals surface area contributed by atoms with E-state index in [0.29, 0.717) is 23.1 Å². The molecular weight excluding hydrogens is 574 g/mol. The summed E-state index contributed by atoms with van der Waals surface area (Å²) in [5.74, 6) is 3.88. The van der Waals surface area contributed by atoms with E-state index < -0.39 is 42.3 Å². The van der Waals surface area contributed by atoms with Gasteiger partial charge in [0.2, 0.25) is 0 Å². The lowest BCUT2D eigenvalue weighted by atomic mass is 9.99. The molecule has 0 unspecified atom stereocenters. The van der Waals surface area contributed by atoms with Crippen LogP contribution in [-0.2, 0) is 30.5 Å². The van der Waals surface area contributed by atoms with E-state index in [4.69, 9.17) is 0 Å². The Morgan fingerprint density at radius 1 is 1.14 bits per heavy atom. The minimum Gasteiger partial charge on any atom is -0.331 e. The summed E-state index contributed by atoms with van der Waals surface area (Å²) < 4.78 is 58.6. The van der Waals surface area contributed by atoms with Crippen LogP contribution in [0.4, 0.5) is 22.7 Å². The minimum absolute atomic E-state index is 0.0233. The molecule has 0 radical (unpaired) electrons. The number of fused-ring (bicyclic) bond motifs is 2. The van der Waals surface area contributed by atoms with Crippen molar-refractivity contribution in [2.45, 2.75) is 37.9 Å². The molecule has 4 heterocycles. The summed E-state index contributed by atoms with van der Waals surface area (Å²) >= 11 is 1.12. The number of aromatic nitrogens is 3. The van der Waals surface area contributed by atoms with Gasteiger partial charge in [-0.2, -0.15) is 13.2 Å². The zero-order chi connectivity index (χ0) is 29.6. The lowest BCUT2D eigenvalue weighted by Crippen LogP contribution is -2.38. The molecule has 2 aromatic carbocycles. The lowest BCUT2D eigenvalue weighted by molar-refractivity contribution is -0.138. The van der Waals surface area contributed by atoms with Crippen molar-refractivity contribution in [1.82, 2.24) is 19.4 Å². The predicted molar refractivity (Wildman–Crippen MR) is 143 cm³/mol. The molecule has 2 aromatic heterocycles. The molecule has 2 aliphatic heterocycles. The van der Waals surface area contributed by atoms with Gasteiger partial charge in [0.15, 0.2) is 11.2 Å². The van der Waals surface area contributed by atoms with Crippen molar-refractivity contribution in [2.75, 3.05) is 5.32 Å². The summed E-state index contributed by atoms with van der Waals surface area (Å²) in [7, 11) is 0. The number of thiazole rings is 1. The van der Waals surface area contributed by atoms with Crippen molar-refractivity contribution in [3.63, 3.8) is 0 Å². The van der Waals surface area contributed by atoms with E-state index >= 15 is 0 Å². The first-order valence-corrected chi connectivity index (χ1v) is 13.5. The number of hydrogen-bond acceptors (Lipinski definition) is 6. The monoisotopic (exact) mass is 593 g/mol. The molecule has 1 N–H and O–H groups in total. The van der Waals surface area contributed by atoms with Crippen LogP contribution in [0.2, 0.25) is 0 Å².